The average Bonchev–Trinajstić information content (AvgIpc) is 2.70. The van der Waals surface area contributed by atoms with Crippen LogP contribution in [-0.4, -0.2) is 59.0 Å². The van der Waals surface area contributed by atoms with Gasteiger partial charge in [0.15, 0.2) is 0 Å². The van der Waals surface area contributed by atoms with E-state index >= 15 is 0 Å². The lowest BCUT2D eigenvalue weighted by Gasteiger charge is -2.22. The van der Waals surface area contributed by atoms with E-state index < -0.39 is 6.10 Å². The van der Waals surface area contributed by atoms with Crippen molar-refractivity contribution in [1.82, 2.24) is 9.80 Å². The second kappa shape index (κ2) is 8.83. The molecule has 1 fully saturated rings. The maximum Gasteiger partial charge on any atom is 0.242 e. The molecule has 2 rings (SSSR count). The Morgan fingerprint density at radius 2 is 1.96 bits per heavy atom. The fourth-order valence-corrected chi connectivity index (χ4v) is 2.88. The number of carbonyl (C=O) groups is 2. The predicted molar refractivity (Wildman–Crippen MR) is 93.4 cm³/mol. The summed E-state index contributed by atoms with van der Waals surface area (Å²) < 4.78 is 0. The summed E-state index contributed by atoms with van der Waals surface area (Å²) in [5.41, 5.74) is 1.16. The number of hydrogen-bond donors (Lipinski definition) is 1. The number of amides is 2. The van der Waals surface area contributed by atoms with Gasteiger partial charge in [0.25, 0.3) is 0 Å². The van der Waals surface area contributed by atoms with Gasteiger partial charge < -0.3 is 14.9 Å². The second-order valence-electron chi connectivity index (χ2n) is 6.94. The molecule has 24 heavy (non-hydrogen) atoms. The van der Waals surface area contributed by atoms with Crippen LogP contribution in [0.5, 0.6) is 0 Å². The molecule has 1 atom stereocenters. The summed E-state index contributed by atoms with van der Waals surface area (Å²) in [5, 5.41) is 10.2. The molecular weight excluding hydrogens is 304 g/mol. The minimum atomic E-state index is -0.685. The van der Waals surface area contributed by atoms with Gasteiger partial charge in [0.2, 0.25) is 11.8 Å². The highest BCUT2D eigenvalue weighted by molar-refractivity contribution is 5.85. The summed E-state index contributed by atoms with van der Waals surface area (Å²) >= 11 is 0. The Bertz CT molecular complexity index is 545. The number of aliphatic hydroxyl groups is 1. The maximum atomic E-state index is 12.5. The normalized spacial score (nSPS) is 18.8. The minimum absolute atomic E-state index is 0.0407. The molecule has 1 heterocycles. The smallest absolute Gasteiger partial charge is 0.242 e. The highest BCUT2D eigenvalue weighted by Gasteiger charge is 2.28. The summed E-state index contributed by atoms with van der Waals surface area (Å²) in [6, 6.07) is 9.97. The SMILES string of the molecule is CC(C)CCC(=O)N1CC(=O)N(CCc2ccccc2)CC(O)C1. The topological polar surface area (TPSA) is 60.9 Å². The largest absolute Gasteiger partial charge is 0.389 e. The molecule has 0 saturated carbocycles. The van der Waals surface area contributed by atoms with Crippen LogP contribution in [0.25, 0.3) is 0 Å². The van der Waals surface area contributed by atoms with E-state index in [1.165, 1.54) is 4.90 Å². The fourth-order valence-electron chi connectivity index (χ4n) is 2.88. The van der Waals surface area contributed by atoms with Crippen molar-refractivity contribution in [3.05, 3.63) is 35.9 Å². The molecule has 0 radical (unpaired) electrons. The standard InChI is InChI=1S/C19H28N2O3/c1-15(2)8-9-18(23)21-13-17(22)12-20(19(24)14-21)11-10-16-6-4-3-5-7-16/h3-7,15,17,22H,8-14H2,1-2H3. The van der Waals surface area contributed by atoms with Crippen LogP contribution in [0, 0.1) is 5.92 Å². The summed E-state index contributed by atoms with van der Waals surface area (Å²) in [6.45, 7) is 5.31. The number of benzene rings is 1. The highest BCUT2D eigenvalue weighted by atomic mass is 16.3. The van der Waals surface area contributed by atoms with Crippen molar-refractivity contribution in [2.24, 2.45) is 5.92 Å². The third-order valence-corrected chi connectivity index (χ3v) is 4.34. The third-order valence-electron chi connectivity index (χ3n) is 4.34. The number of aliphatic hydroxyl groups excluding tert-OH is 1. The number of nitrogens with zero attached hydrogens (tertiary/aromatic N) is 2. The van der Waals surface area contributed by atoms with Crippen LogP contribution in [0.2, 0.25) is 0 Å². The van der Waals surface area contributed by atoms with E-state index in [4.69, 9.17) is 0 Å². The summed E-state index contributed by atoms with van der Waals surface area (Å²) in [7, 11) is 0. The number of hydrogen-bond acceptors (Lipinski definition) is 3. The molecule has 132 valence electrons. The molecule has 1 saturated heterocycles. The molecule has 5 nitrogen and oxygen atoms in total. The molecule has 2 amide bonds. The van der Waals surface area contributed by atoms with Crippen molar-refractivity contribution >= 4 is 11.8 Å². The monoisotopic (exact) mass is 332 g/mol. The minimum Gasteiger partial charge on any atom is -0.389 e. The molecular formula is C19H28N2O3. The van der Waals surface area contributed by atoms with Crippen LogP contribution in [0.4, 0.5) is 0 Å². The molecule has 5 heteroatoms. The lowest BCUT2D eigenvalue weighted by molar-refractivity contribution is -0.138. The summed E-state index contributed by atoms with van der Waals surface area (Å²) in [4.78, 5) is 27.9. The van der Waals surface area contributed by atoms with Gasteiger partial charge in [-0.05, 0) is 24.3 Å². The zero-order valence-corrected chi connectivity index (χ0v) is 14.6. The van der Waals surface area contributed by atoms with Crippen molar-refractivity contribution in [2.75, 3.05) is 26.2 Å². The number of carbonyl (C=O) groups excluding carboxylic acids is 2. The van der Waals surface area contributed by atoms with Crippen LogP contribution in [0.3, 0.4) is 0 Å². The van der Waals surface area contributed by atoms with Crippen LogP contribution >= 0.6 is 0 Å². The number of β-amino-alcohol motifs (C(OH)–C–C–N with tert-alkyl or cyclic N) is 1. The van der Waals surface area contributed by atoms with Gasteiger partial charge in [-0.25, -0.2) is 0 Å². The van der Waals surface area contributed by atoms with E-state index in [9.17, 15) is 14.7 Å². The van der Waals surface area contributed by atoms with Crippen LogP contribution in [0.15, 0.2) is 30.3 Å². The Kier molecular flexibility index (Phi) is 6.79. The van der Waals surface area contributed by atoms with Crippen LogP contribution in [-0.2, 0) is 16.0 Å². The van der Waals surface area contributed by atoms with Gasteiger partial charge >= 0.3 is 0 Å². The van der Waals surface area contributed by atoms with Crippen LogP contribution < -0.4 is 0 Å². The van der Waals surface area contributed by atoms with E-state index in [2.05, 4.69) is 13.8 Å². The first-order chi connectivity index (χ1) is 11.5. The van der Waals surface area contributed by atoms with Gasteiger partial charge in [0.1, 0.15) is 0 Å². The van der Waals surface area contributed by atoms with Crippen molar-refractivity contribution in [1.29, 1.82) is 0 Å². The van der Waals surface area contributed by atoms with Gasteiger partial charge in [-0.3, -0.25) is 9.59 Å². The van der Waals surface area contributed by atoms with Crippen molar-refractivity contribution in [3.8, 4) is 0 Å². The molecule has 1 N–H and O–H groups in total. The van der Waals surface area contributed by atoms with E-state index in [1.54, 1.807) is 4.90 Å². The molecule has 1 aliphatic heterocycles. The van der Waals surface area contributed by atoms with E-state index in [-0.39, 0.29) is 24.9 Å². The average molecular weight is 332 g/mol. The molecule has 1 aromatic carbocycles. The Labute approximate surface area is 144 Å². The summed E-state index contributed by atoms with van der Waals surface area (Å²) in [6.07, 6.45) is 1.30. The molecule has 1 aliphatic rings. The van der Waals surface area contributed by atoms with Crippen molar-refractivity contribution in [3.63, 3.8) is 0 Å². The van der Waals surface area contributed by atoms with Gasteiger partial charge in [0, 0.05) is 26.1 Å². The third kappa shape index (κ3) is 5.64. The molecule has 1 aromatic rings. The van der Waals surface area contributed by atoms with E-state index in [1.807, 2.05) is 30.3 Å². The van der Waals surface area contributed by atoms with Gasteiger partial charge in [-0.1, -0.05) is 44.2 Å². The molecule has 0 aliphatic carbocycles. The van der Waals surface area contributed by atoms with Gasteiger partial charge in [-0.2, -0.15) is 0 Å². The Hall–Kier alpha value is -1.88. The fraction of sp³-hybridized carbons (Fsp3) is 0.579. The Morgan fingerprint density at radius 1 is 1.25 bits per heavy atom. The van der Waals surface area contributed by atoms with Crippen LogP contribution in [0.1, 0.15) is 32.3 Å². The lowest BCUT2D eigenvalue weighted by Crippen LogP contribution is -2.40. The maximum absolute atomic E-state index is 12.5. The van der Waals surface area contributed by atoms with Gasteiger partial charge in [-0.15, -0.1) is 0 Å². The lowest BCUT2D eigenvalue weighted by atomic mass is 10.1. The second-order valence-corrected chi connectivity index (χ2v) is 6.94. The summed E-state index contributed by atoms with van der Waals surface area (Å²) in [5.74, 6) is 0.324. The molecule has 0 bridgehead atoms. The van der Waals surface area contributed by atoms with Crippen molar-refractivity contribution in [2.45, 2.75) is 39.2 Å². The zero-order valence-electron chi connectivity index (χ0n) is 14.6. The number of rotatable bonds is 6. The Balaban J connectivity index is 1.92. The molecule has 0 aromatic heterocycles. The molecule has 1 unspecified atom stereocenters. The zero-order chi connectivity index (χ0) is 17.5. The van der Waals surface area contributed by atoms with E-state index in [0.717, 1.165) is 18.4 Å². The quantitative estimate of drug-likeness (QED) is 0.862. The first kappa shape index (κ1) is 18.5. The Morgan fingerprint density at radius 3 is 2.62 bits per heavy atom. The first-order valence-electron chi connectivity index (χ1n) is 8.73. The first-order valence-corrected chi connectivity index (χ1v) is 8.73. The molecule has 0 spiro atoms. The highest BCUT2D eigenvalue weighted by Crippen LogP contribution is 2.11. The van der Waals surface area contributed by atoms with E-state index in [0.29, 0.717) is 25.4 Å². The van der Waals surface area contributed by atoms with Crippen molar-refractivity contribution < 1.29 is 14.7 Å². The predicted octanol–water partition coefficient (Wildman–Crippen LogP) is 1.70. The van der Waals surface area contributed by atoms with Gasteiger partial charge in [0.05, 0.1) is 12.6 Å².